The predicted octanol–water partition coefficient (Wildman–Crippen LogP) is 4.94. The number of aromatic nitrogens is 4. The third-order valence-corrected chi connectivity index (χ3v) is 7.02. The van der Waals surface area contributed by atoms with Gasteiger partial charge in [0.15, 0.2) is 5.13 Å². The molecule has 0 spiro atoms. The molecule has 7 nitrogen and oxygen atoms in total. The maximum Gasteiger partial charge on any atom is 0.256 e. The van der Waals surface area contributed by atoms with E-state index in [0.717, 1.165) is 33.8 Å². The Balaban J connectivity index is 1.39. The highest BCUT2D eigenvalue weighted by atomic mass is 35.5. The van der Waals surface area contributed by atoms with Gasteiger partial charge in [0.1, 0.15) is 0 Å². The van der Waals surface area contributed by atoms with Crippen LogP contribution in [0.1, 0.15) is 35.7 Å². The van der Waals surface area contributed by atoms with Crippen LogP contribution >= 0.6 is 22.9 Å². The van der Waals surface area contributed by atoms with Crippen molar-refractivity contribution in [3.8, 4) is 5.69 Å². The number of piperidine rings is 1. The molecule has 2 aromatic heterocycles. The number of nitrogens with zero attached hydrogens (tertiary/aromatic N) is 5. The standard InChI is InChI=1S/C23H23ClN6OS/c1-14-3-8-20(30-25-9-10-26-30)18(11-14)22(31)29-13-17(6-4-15(29)2)27-23-28-19-7-5-16(24)12-21(19)32-23/h3,5,7-12,15,17H,4,6,13H2,1-2H3,(H,27,28)/t15-,17-/m1/s1. The highest BCUT2D eigenvalue weighted by Crippen LogP contribution is 2.30. The highest BCUT2D eigenvalue weighted by Gasteiger charge is 2.31. The van der Waals surface area contributed by atoms with Crippen LogP contribution in [0, 0.1) is 6.92 Å². The van der Waals surface area contributed by atoms with Crippen molar-refractivity contribution in [1.29, 1.82) is 0 Å². The number of likely N-dealkylation sites (tertiary alicyclic amines) is 1. The summed E-state index contributed by atoms with van der Waals surface area (Å²) in [5, 5.41) is 13.6. The number of fused-ring (bicyclic) bond motifs is 1. The van der Waals surface area contributed by atoms with Gasteiger partial charge in [0.25, 0.3) is 5.91 Å². The van der Waals surface area contributed by atoms with Crippen LogP contribution in [-0.2, 0) is 0 Å². The van der Waals surface area contributed by atoms with E-state index in [1.807, 2.05) is 48.2 Å². The molecular weight excluding hydrogens is 444 g/mol. The second-order valence-electron chi connectivity index (χ2n) is 8.20. The lowest BCUT2D eigenvalue weighted by Crippen LogP contribution is -2.49. The number of halogens is 1. The Morgan fingerprint density at radius 2 is 1.97 bits per heavy atom. The molecule has 1 fully saturated rings. The molecule has 9 heteroatoms. The van der Waals surface area contributed by atoms with Gasteiger partial charge in [-0.05, 0) is 57.0 Å². The Labute approximate surface area is 195 Å². The largest absolute Gasteiger partial charge is 0.357 e. The number of hydrogen-bond donors (Lipinski definition) is 1. The second kappa shape index (κ2) is 8.52. The van der Waals surface area contributed by atoms with Gasteiger partial charge in [-0.2, -0.15) is 15.0 Å². The smallest absolute Gasteiger partial charge is 0.256 e. The highest BCUT2D eigenvalue weighted by molar-refractivity contribution is 7.22. The second-order valence-corrected chi connectivity index (χ2v) is 9.66. The van der Waals surface area contributed by atoms with Crippen molar-refractivity contribution < 1.29 is 4.79 Å². The number of amides is 1. The van der Waals surface area contributed by atoms with Gasteiger partial charge in [0.2, 0.25) is 0 Å². The van der Waals surface area contributed by atoms with Crippen LogP contribution in [0.25, 0.3) is 15.9 Å². The summed E-state index contributed by atoms with van der Waals surface area (Å²) in [7, 11) is 0. The van der Waals surface area contributed by atoms with Crippen molar-refractivity contribution >= 4 is 44.2 Å². The zero-order chi connectivity index (χ0) is 22.2. The lowest BCUT2D eigenvalue weighted by atomic mass is 9.97. The van der Waals surface area contributed by atoms with E-state index in [4.69, 9.17) is 11.6 Å². The lowest BCUT2D eigenvalue weighted by molar-refractivity contribution is 0.0621. The molecule has 3 heterocycles. The van der Waals surface area contributed by atoms with E-state index in [1.165, 1.54) is 4.80 Å². The van der Waals surface area contributed by atoms with Crippen molar-refractivity contribution in [2.45, 2.75) is 38.8 Å². The summed E-state index contributed by atoms with van der Waals surface area (Å²) in [4.78, 5) is 21.8. The first-order chi connectivity index (χ1) is 15.5. The third-order valence-electron chi connectivity index (χ3n) is 5.84. The molecule has 2 atom stereocenters. The molecule has 0 bridgehead atoms. The fourth-order valence-corrected chi connectivity index (χ4v) is 5.35. The molecule has 1 N–H and O–H groups in total. The number of hydrogen-bond acceptors (Lipinski definition) is 6. The van der Waals surface area contributed by atoms with Gasteiger partial charge >= 0.3 is 0 Å². The van der Waals surface area contributed by atoms with Crippen molar-refractivity contribution in [1.82, 2.24) is 24.9 Å². The average Bonchev–Trinajstić information content (AvgIpc) is 3.44. The maximum atomic E-state index is 13.7. The van der Waals surface area contributed by atoms with Crippen LogP contribution < -0.4 is 5.32 Å². The fourth-order valence-electron chi connectivity index (χ4n) is 4.13. The van der Waals surface area contributed by atoms with Gasteiger partial charge in [-0.3, -0.25) is 4.79 Å². The minimum absolute atomic E-state index is 0.00363. The number of benzene rings is 2. The first kappa shape index (κ1) is 20.9. The van der Waals surface area contributed by atoms with Gasteiger partial charge in [-0.1, -0.05) is 34.6 Å². The van der Waals surface area contributed by atoms with Crippen molar-refractivity contribution in [3.05, 3.63) is 64.9 Å². The van der Waals surface area contributed by atoms with Crippen LogP contribution in [0.3, 0.4) is 0 Å². The van der Waals surface area contributed by atoms with E-state index in [-0.39, 0.29) is 18.0 Å². The number of carbonyl (C=O) groups is 1. The van der Waals surface area contributed by atoms with E-state index in [1.54, 1.807) is 23.7 Å². The topological polar surface area (TPSA) is 75.9 Å². The van der Waals surface area contributed by atoms with Gasteiger partial charge in [0, 0.05) is 23.7 Å². The van der Waals surface area contributed by atoms with Crippen LogP contribution in [0.2, 0.25) is 5.02 Å². The van der Waals surface area contributed by atoms with Crippen LogP contribution in [-0.4, -0.2) is 49.4 Å². The average molecular weight is 467 g/mol. The molecule has 4 aromatic rings. The summed E-state index contributed by atoms with van der Waals surface area (Å²) in [5.41, 5.74) is 3.26. The van der Waals surface area contributed by atoms with E-state index in [2.05, 4.69) is 27.4 Å². The Kier molecular flexibility index (Phi) is 5.57. The van der Waals surface area contributed by atoms with E-state index >= 15 is 0 Å². The SMILES string of the molecule is Cc1ccc(-n2nccn2)c(C(=O)N2C[C@H](Nc3nc4ccc(Cl)cc4s3)CC[C@H]2C)c1. The van der Waals surface area contributed by atoms with E-state index in [0.29, 0.717) is 22.8 Å². The fraction of sp³-hybridized carbons (Fsp3) is 0.304. The van der Waals surface area contributed by atoms with Crippen LogP contribution in [0.5, 0.6) is 0 Å². The molecule has 32 heavy (non-hydrogen) atoms. The molecule has 5 rings (SSSR count). The monoisotopic (exact) mass is 466 g/mol. The summed E-state index contributed by atoms with van der Waals surface area (Å²) in [6, 6.07) is 11.8. The molecule has 1 aliphatic heterocycles. The summed E-state index contributed by atoms with van der Waals surface area (Å²) >= 11 is 7.70. The van der Waals surface area contributed by atoms with Gasteiger partial charge in [0.05, 0.1) is 33.9 Å². The number of anilines is 1. The van der Waals surface area contributed by atoms with Crippen molar-refractivity contribution in [3.63, 3.8) is 0 Å². The summed E-state index contributed by atoms with van der Waals surface area (Å²) < 4.78 is 1.05. The third kappa shape index (κ3) is 4.08. The molecular formula is C23H23ClN6OS. The van der Waals surface area contributed by atoms with Gasteiger partial charge in [-0.25, -0.2) is 4.98 Å². The van der Waals surface area contributed by atoms with Crippen LogP contribution in [0.15, 0.2) is 48.8 Å². The van der Waals surface area contributed by atoms with Crippen molar-refractivity contribution in [2.24, 2.45) is 0 Å². The van der Waals surface area contributed by atoms with Crippen molar-refractivity contribution in [2.75, 3.05) is 11.9 Å². The molecule has 1 amide bonds. The molecule has 0 radical (unpaired) electrons. The number of aryl methyl sites for hydroxylation is 1. The van der Waals surface area contributed by atoms with Gasteiger partial charge in [-0.15, -0.1) is 0 Å². The predicted molar refractivity (Wildman–Crippen MR) is 128 cm³/mol. The van der Waals surface area contributed by atoms with Gasteiger partial charge < -0.3 is 10.2 Å². The number of rotatable bonds is 4. The number of thiazole rings is 1. The normalized spacial score (nSPS) is 18.8. The Morgan fingerprint density at radius 3 is 2.78 bits per heavy atom. The number of carbonyl (C=O) groups excluding carboxylic acids is 1. The Bertz CT molecular complexity index is 1270. The lowest BCUT2D eigenvalue weighted by Gasteiger charge is -2.38. The minimum Gasteiger partial charge on any atom is -0.357 e. The zero-order valence-corrected chi connectivity index (χ0v) is 19.4. The molecule has 1 aliphatic rings. The summed E-state index contributed by atoms with van der Waals surface area (Å²) in [6.07, 6.45) is 5.12. The summed E-state index contributed by atoms with van der Waals surface area (Å²) in [5.74, 6) is -0.00363. The Morgan fingerprint density at radius 1 is 1.16 bits per heavy atom. The zero-order valence-electron chi connectivity index (χ0n) is 17.8. The first-order valence-corrected chi connectivity index (χ1v) is 11.8. The van der Waals surface area contributed by atoms with Crippen LogP contribution in [0.4, 0.5) is 5.13 Å². The molecule has 1 saturated heterocycles. The molecule has 0 aliphatic carbocycles. The molecule has 0 saturated carbocycles. The first-order valence-electron chi connectivity index (χ1n) is 10.6. The molecule has 0 unspecified atom stereocenters. The maximum absolute atomic E-state index is 13.7. The molecule has 2 aromatic carbocycles. The van der Waals surface area contributed by atoms with E-state index in [9.17, 15) is 4.79 Å². The summed E-state index contributed by atoms with van der Waals surface area (Å²) in [6.45, 7) is 4.70. The number of nitrogens with one attached hydrogen (secondary N) is 1. The minimum atomic E-state index is -0.00363. The quantitative estimate of drug-likeness (QED) is 0.460. The molecule has 164 valence electrons. The van der Waals surface area contributed by atoms with E-state index < -0.39 is 0 Å². The Hall–Kier alpha value is -2.97.